The van der Waals surface area contributed by atoms with Gasteiger partial charge in [0.2, 0.25) is 12.4 Å². The van der Waals surface area contributed by atoms with Gasteiger partial charge in [-0.25, -0.2) is 4.79 Å². The van der Waals surface area contributed by atoms with E-state index in [1.807, 2.05) is 6.92 Å². The summed E-state index contributed by atoms with van der Waals surface area (Å²) in [5.41, 5.74) is -1.05. The predicted molar refractivity (Wildman–Crippen MR) is 160 cm³/mol. The summed E-state index contributed by atoms with van der Waals surface area (Å²) < 4.78 is 33.5. The molecule has 0 aromatic carbocycles. The van der Waals surface area contributed by atoms with Crippen molar-refractivity contribution in [1.29, 1.82) is 0 Å². The first-order valence-corrected chi connectivity index (χ1v) is 16.4. The van der Waals surface area contributed by atoms with Gasteiger partial charge in [-0.15, -0.1) is 0 Å². The number of hydrogen-bond acceptors (Lipinski definition) is 12. The third-order valence-electron chi connectivity index (χ3n) is 11.8. The SMILES string of the molecule is C=C1C[C@@]23CC[C@H]4[C@@](C)(CCC[C@@]4(C)C(=O)O[C@@H]4O[C@H](C(=O)O)[C@@H](OC(C)=O)C(OC(C)=O)[C@H]4OC(C)=O)[C@@H]2CC[C@]1(OC(C)=O)C3. The number of esters is 5. The Kier molecular flexibility index (Phi) is 9.04. The van der Waals surface area contributed by atoms with Gasteiger partial charge in [-0.2, -0.15) is 0 Å². The van der Waals surface area contributed by atoms with Crippen molar-refractivity contribution < 1.29 is 62.3 Å². The molecule has 4 aliphatic carbocycles. The maximum atomic E-state index is 14.4. The number of rotatable bonds is 7. The second-order valence-corrected chi connectivity index (χ2v) is 14.8. The first-order valence-electron chi connectivity index (χ1n) is 16.4. The molecule has 1 heterocycles. The van der Waals surface area contributed by atoms with E-state index in [0.29, 0.717) is 19.3 Å². The van der Waals surface area contributed by atoms with Gasteiger partial charge in [0.25, 0.3) is 0 Å². The summed E-state index contributed by atoms with van der Waals surface area (Å²) in [7, 11) is 0. The molecule has 0 aromatic heterocycles. The highest BCUT2D eigenvalue weighted by Gasteiger charge is 2.69. The molecule has 1 spiro atoms. The summed E-state index contributed by atoms with van der Waals surface area (Å²) in [6.45, 7) is 13.1. The first kappa shape index (κ1) is 34.8. The van der Waals surface area contributed by atoms with E-state index in [2.05, 4.69) is 13.5 Å². The fourth-order valence-electron chi connectivity index (χ4n) is 10.3. The Morgan fingerprint density at radius 3 is 1.96 bits per heavy atom. The van der Waals surface area contributed by atoms with Crippen molar-refractivity contribution in [3.63, 3.8) is 0 Å². The van der Waals surface area contributed by atoms with Gasteiger partial charge in [0.1, 0.15) is 5.60 Å². The van der Waals surface area contributed by atoms with E-state index < -0.39 is 71.6 Å². The van der Waals surface area contributed by atoms with Crippen molar-refractivity contribution in [2.75, 3.05) is 0 Å². The minimum absolute atomic E-state index is 0.0945. The number of hydrogen-bond donors (Lipinski definition) is 1. The number of ether oxygens (including phenoxy) is 6. The molecule has 13 heteroatoms. The van der Waals surface area contributed by atoms with E-state index in [0.717, 1.165) is 64.9 Å². The fourth-order valence-corrected chi connectivity index (χ4v) is 10.3. The average Bonchev–Trinajstić information content (AvgIpc) is 3.13. The van der Waals surface area contributed by atoms with Crippen molar-refractivity contribution in [2.24, 2.45) is 28.1 Å². The highest BCUT2D eigenvalue weighted by atomic mass is 16.7. The molecule has 13 nitrogen and oxygen atoms in total. The number of carbonyl (C=O) groups excluding carboxylic acids is 5. The monoisotopic (exact) mass is 662 g/mol. The third kappa shape index (κ3) is 5.93. The topological polar surface area (TPSA) is 178 Å². The molecule has 47 heavy (non-hydrogen) atoms. The molecule has 1 N–H and O–H groups in total. The number of carboxylic acids is 1. The van der Waals surface area contributed by atoms with E-state index in [-0.39, 0.29) is 28.6 Å². The molecule has 11 atom stereocenters. The zero-order valence-electron chi connectivity index (χ0n) is 28.0. The van der Waals surface area contributed by atoms with E-state index >= 15 is 0 Å². The molecule has 0 amide bonds. The number of carbonyl (C=O) groups is 6. The molecule has 5 rings (SSSR count). The maximum Gasteiger partial charge on any atom is 0.337 e. The van der Waals surface area contributed by atoms with Gasteiger partial charge in [0.15, 0.2) is 18.3 Å². The summed E-state index contributed by atoms with van der Waals surface area (Å²) in [4.78, 5) is 74.9. The van der Waals surface area contributed by atoms with Gasteiger partial charge in [0, 0.05) is 27.7 Å². The molecule has 2 bridgehead atoms. The van der Waals surface area contributed by atoms with Crippen molar-refractivity contribution in [1.82, 2.24) is 0 Å². The normalized spacial score (nSPS) is 42.2. The first-order chi connectivity index (χ1) is 21.9. The van der Waals surface area contributed by atoms with Gasteiger partial charge in [-0.3, -0.25) is 24.0 Å². The van der Waals surface area contributed by atoms with Crippen molar-refractivity contribution in [3.8, 4) is 0 Å². The van der Waals surface area contributed by atoms with Crippen LogP contribution in [0.25, 0.3) is 0 Å². The Morgan fingerprint density at radius 1 is 0.766 bits per heavy atom. The van der Waals surface area contributed by atoms with E-state index in [1.54, 1.807) is 0 Å². The van der Waals surface area contributed by atoms with Gasteiger partial charge in [0.05, 0.1) is 5.41 Å². The zero-order chi connectivity index (χ0) is 34.7. The second kappa shape index (κ2) is 12.2. The van der Waals surface area contributed by atoms with Crippen LogP contribution in [0.4, 0.5) is 0 Å². The maximum absolute atomic E-state index is 14.4. The van der Waals surface area contributed by atoms with Gasteiger partial charge >= 0.3 is 35.8 Å². The van der Waals surface area contributed by atoms with Crippen LogP contribution in [0.5, 0.6) is 0 Å². The Bertz CT molecular complexity index is 1370. The molecule has 5 fully saturated rings. The lowest BCUT2D eigenvalue weighted by Crippen LogP contribution is -2.65. The second-order valence-electron chi connectivity index (χ2n) is 14.8. The van der Waals surface area contributed by atoms with Crippen molar-refractivity contribution in [2.45, 2.75) is 136 Å². The highest BCUT2D eigenvalue weighted by Crippen LogP contribution is 2.73. The molecule has 4 saturated carbocycles. The van der Waals surface area contributed by atoms with Crippen LogP contribution in [0, 0.1) is 28.1 Å². The summed E-state index contributed by atoms with van der Waals surface area (Å²) in [6.07, 6.45) is -1.95. The molecule has 1 unspecified atom stereocenters. The smallest absolute Gasteiger partial charge is 0.337 e. The van der Waals surface area contributed by atoms with Crippen LogP contribution in [0.3, 0.4) is 0 Å². The Hall–Kier alpha value is -3.48. The molecule has 260 valence electrons. The van der Waals surface area contributed by atoms with Crippen molar-refractivity contribution >= 4 is 35.8 Å². The highest BCUT2D eigenvalue weighted by molar-refractivity contribution is 5.78. The minimum Gasteiger partial charge on any atom is -0.479 e. The molecule has 0 aromatic rings. The van der Waals surface area contributed by atoms with Crippen LogP contribution in [-0.4, -0.2) is 77.2 Å². The lowest BCUT2D eigenvalue weighted by molar-refractivity contribution is -0.298. The molecule has 1 saturated heterocycles. The van der Waals surface area contributed by atoms with Crippen LogP contribution in [-0.2, 0) is 57.2 Å². The Balaban J connectivity index is 1.44. The Labute approximate surface area is 274 Å². The standard InChI is InChI=1S/C34H46O13/c1-17-15-33-13-9-22-31(6,23(33)10-14-34(17,16-33)47-21(5)38)11-8-12-32(22,7)30(41)46-29-27(44-20(4)37)25(43-19(3)36)24(42-18(2)35)26(45-29)28(39)40/h22-27,29H,1,8-16H2,2-7H3,(H,39,40)/t22-,23-,24-,25?,26-,27+,29-,31+,32+,33+,34-/m0/s1. The van der Waals surface area contributed by atoms with E-state index in [4.69, 9.17) is 28.4 Å². The molecule has 5 aliphatic rings. The van der Waals surface area contributed by atoms with E-state index in [1.165, 1.54) is 6.92 Å². The predicted octanol–water partition coefficient (Wildman–Crippen LogP) is 3.79. The largest absolute Gasteiger partial charge is 0.479 e. The summed E-state index contributed by atoms with van der Waals surface area (Å²) in [5, 5.41) is 9.99. The Morgan fingerprint density at radius 2 is 1.36 bits per heavy atom. The van der Waals surface area contributed by atoms with Crippen LogP contribution in [0.2, 0.25) is 0 Å². The molecular formula is C34H46O13. The molecule has 0 radical (unpaired) electrons. The average molecular weight is 663 g/mol. The van der Waals surface area contributed by atoms with E-state index in [9.17, 15) is 33.9 Å². The molecule has 1 aliphatic heterocycles. The summed E-state index contributed by atoms with van der Waals surface area (Å²) in [6, 6.07) is 0. The number of fused-ring (bicyclic) bond motifs is 3. The van der Waals surface area contributed by atoms with Gasteiger partial charge in [-0.1, -0.05) is 19.9 Å². The number of carboxylic acid groups (broad SMARTS) is 1. The van der Waals surface area contributed by atoms with Crippen molar-refractivity contribution in [3.05, 3.63) is 12.2 Å². The summed E-state index contributed by atoms with van der Waals surface area (Å²) in [5.74, 6) is -4.99. The van der Waals surface area contributed by atoms with Crippen LogP contribution in [0.1, 0.15) is 99.3 Å². The summed E-state index contributed by atoms with van der Waals surface area (Å²) >= 11 is 0. The zero-order valence-corrected chi connectivity index (χ0v) is 28.0. The fraction of sp³-hybridized carbons (Fsp3) is 0.765. The van der Waals surface area contributed by atoms with Crippen LogP contribution >= 0.6 is 0 Å². The quantitative estimate of drug-likeness (QED) is 0.237. The van der Waals surface area contributed by atoms with Gasteiger partial charge in [-0.05, 0) is 86.5 Å². The van der Waals surface area contributed by atoms with Gasteiger partial charge < -0.3 is 33.5 Å². The third-order valence-corrected chi connectivity index (χ3v) is 11.8. The lowest BCUT2D eigenvalue weighted by atomic mass is 9.41. The molecular weight excluding hydrogens is 616 g/mol. The number of aliphatic carboxylic acids is 1. The minimum atomic E-state index is -1.90. The van der Waals surface area contributed by atoms with Crippen LogP contribution < -0.4 is 0 Å². The van der Waals surface area contributed by atoms with Crippen LogP contribution in [0.15, 0.2) is 12.2 Å². The lowest BCUT2D eigenvalue weighted by Gasteiger charge is -2.64.